The summed E-state index contributed by atoms with van der Waals surface area (Å²) >= 11 is 0. The van der Waals surface area contributed by atoms with Gasteiger partial charge in [-0.15, -0.1) is 0 Å². The van der Waals surface area contributed by atoms with E-state index in [1.165, 1.54) is 31.4 Å². The van der Waals surface area contributed by atoms with Crippen LogP contribution >= 0.6 is 0 Å². The Morgan fingerprint density at radius 3 is 2.58 bits per heavy atom. The first-order chi connectivity index (χ1) is 12.2. The monoisotopic (exact) mass is 368 g/mol. The van der Waals surface area contributed by atoms with Gasteiger partial charge in [0.05, 0.1) is 13.2 Å². The first-order valence-corrected chi connectivity index (χ1v) is 7.74. The van der Waals surface area contributed by atoms with Gasteiger partial charge in [-0.1, -0.05) is 6.07 Å². The van der Waals surface area contributed by atoms with E-state index in [1.807, 2.05) is 0 Å². The highest BCUT2D eigenvalue weighted by molar-refractivity contribution is 5.87. The number of rotatable bonds is 5. The maximum absolute atomic E-state index is 11.9. The van der Waals surface area contributed by atoms with Crippen molar-refractivity contribution >= 4 is 18.0 Å². The number of ether oxygens (including phenoxy) is 2. The van der Waals surface area contributed by atoms with Crippen molar-refractivity contribution in [2.24, 2.45) is 0 Å². The molecule has 1 saturated carbocycles. The van der Waals surface area contributed by atoms with Crippen LogP contribution in [0, 0.1) is 0 Å². The van der Waals surface area contributed by atoms with Crippen molar-refractivity contribution in [3.05, 3.63) is 29.8 Å². The van der Waals surface area contributed by atoms with Gasteiger partial charge in [0.2, 0.25) is 0 Å². The number of carboxylic acid groups (broad SMARTS) is 1. The Hall–Kier alpha value is -2.62. The molecular weight excluding hydrogens is 348 g/mol. The maximum Gasteiger partial charge on any atom is 0.335 e. The molecule has 1 fully saturated rings. The molecule has 1 aliphatic carbocycles. The van der Waals surface area contributed by atoms with Crippen LogP contribution in [0.2, 0.25) is 0 Å². The molecule has 0 saturated heterocycles. The number of phenols is 1. The number of carbonyl (C=O) groups is 2. The van der Waals surface area contributed by atoms with Crippen LogP contribution in [-0.4, -0.2) is 68.5 Å². The summed E-state index contributed by atoms with van der Waals surface area (Å²) in [6.45, 7) is 0. The van der Waals surface area contributed by atoms with E-state index in [0.29, 0.717) is 5.56 Å². The highest BCUT2D eigenvalue weighted by Crippen LogP contribution is 2.31. The van der Waals surface area contributed by atoms with Gasteiger partial charge in [-0.2, -0.15) is 0 Å². The fourth-order valence-electron chi connectivity index (χ4n) is 2.69. The van der Waals surface area contributed by atoms with E-state index in [2.05, 4.69) is 0 Å². The van der Waals surface area contributed by atoms with Gasteiger partial charge in [0.15, 0.2) is 17.1 Å². The molecule has 0 bridgehead atoms. The fraction of sp³-hybridized carbons (Fsp3) is 0.412. The lowest BCUT2D eigenvalue weighted by Gasteiger charge is -2.39. The van der Waals surface area contributed by atoms with Gasteiger partial charge in [-0.3, -0.25) is 0 Å². The number of aromatic hydroxyl groups is 1. The average molecular weight is 368 g/mol. The minimum Gasteiger partial charge on any atom is -0.504 e. The van der Waals surface area contributed by atoms with Gasteiger partial charge < -0.3 is 35.0 Å². The molecule has 4 atom stereocenters. The smallest absolute Gasteiger partial charge is 0.335 e. The van der Waals surface area contributed by atoms with Crippen molar-refractivity contribution in [1.82, 2.24) is 0 Å². The molecule has 0 aromatic heterocycles. The lowest BCUT2D eigenvalue weighted by atomic mass is 9.79. The third kappa shape index (κ3) is 4.31. The van der Waals surface area contributed by atoms with Crippen LogP contribution in [0.5, 0.6) is 11.5 Å². The molecule has 0 heterocycles. The van der Waals surface area contributed by atoms with Crippen LogP contribution in [0.15, 0.2) is 24.3 Å². The Morgan fingerprint density at radius 1 is 1.27 bits per heavy atom. The van der Waals surface area contributed by atoms with Gasteiger partial charge in [-0.25, -0.2) is 9.59 Å². The van der Waals surface area contributed by atoms with Crippen molar-refractivity contribution in [2.75, 3.05) is 7.11 Å². The summed E-state index contributed by atoms with van der Waals surface area (Å²) in [5, 5.41) is 48.2. The van der Waals surface area contributed by atoms with Gasteiger partial charge >= 0.3 is 11.9 Å². The van der Waals surface area contributed by atoms with Gasteiger partial charge in [-0.05, 0) is 23.8 Å². The molecule has 5 N–H and O–H groups in total. The molecule has 0 unspecified atom stereocenters. The summed E-state index contributed by atoms with van der Waals surface area (Å²) in [5.74, 6) is -2.34. The fourth-order valence-corrected chi connectivity index (χ4v) is 2.69. The van der Waals surface area contributed by atoms with Crippen molar-refractivity contribution in [3.8, 4) is 11.5 Å². The Bertz CT molecular complexity index is 714. The van der Waals surface area contributed by atoms with Crippen LogP contribution in [0.25, 0.3) is 6.08 Å². The predicted octanol–water partition coefficient (Wildman–Crippen LogP) is -0.343. The maximum atomic E-state index is 11.9. The summed E-state index contributed by atoms with van der Waals surface area (Å²) in [6.07, 6.45) is -3.17. The van der Waals surface area contributed by atoms with E-state index in [-0.39, 0.29) is 11.5 Å². The van der Waals surface area contributed by atoms with Crippen LogP contribution in [0.4, 0.5) is 0 Å². The number of hydrogen-bond donors (Lipinski definition) is 5. The molecule has 9 heteroatoms. The average Bonchev–Trinajstić information content (AvgIpc) is 2.58. The highest BCUT2D eigenvalue weighted by atomic mass is 16.6. The van der Waals surface area contributed by atoms with E-state index in [1.54, 1.807) is 0 Å². The molecule has 1 aromatic carbocycles. The van der Waals surface area contributed by atoms with E-state index < -0.39 is 48.7 Å². The Morgan fingerprint density at radius 2 is 1.96 bits per heavy atom. The zero-order chi connectivity index (χ0) is 19.5. The summed E-state index contributed by atoms with van der Waals surface area (Å²) in [5.41, 5.74) is -1.78. The first kappa shape index (κ1) is 19.7. The van der Waals surface area contributed by atoms with Gasteiger partial charge in [0, 0.05) is 18.9 Å². The summed E-state index contributed by atoms with van der Waals surface area (Å²) in [7, 11) is 1.37. The second-order valence-electron chi connectivity index (χ2n) is 6.04. The number of phenolic OH excluding ortho intramolecular Hbond substituents is 1. The van der Waals surface area contributed by atoms with Crippen molar-refractivity contribution in [3.63, 3.8) is 0 Å². The van der Waals surface area contributed by atoms with Crippen molar-refractivity contribution < 1.29 is 44.6 Å². The van der Waals surface area contributed by atoms with Crippen molar-refractivity contribution in [2.45, 2.75) is 36.8 Å². The number of carboxylic acids is 1. The second-order valence-corrected chi connectivity index (χ2v) is 6.04. The van der Waals surface area contributed by atoms with Crippen LogP contribution in [0.3, 0.4) is 0 Å². The highest BCUT2D eigenvalue weighted by Gasteiger charge is 2.50. The molecule has 0 aliphatic heterocycles. The van der Waals surface area contributed by atoms with Crippen molar-refractivity contribution in [1.29, 1.82) is 0 Å². The van der Waals surface area contributed by atoms with E-state index >= 15 is 0 Å². The number of esters is 1. The van der Waals surface area contributed by atoms with E-state index in [4.69, 9.17) is 14.6 Å². The van der Waals surface area contributed by atoms with E-state index in [9.17, 15) is 30.0 Å². The predicted molar refractivity (Wildman–Crippen MR) is 87.4 cm³/mol. The standard InChI is InChI=1S/C17H20O9/c1-25-12-6-9(2-4-10(12)18)3-5-14(20)26-13-8-17(24,16(22)23)7-11(19)15(13)21/h2-6,11,13,15,18-19,21,24H,7-8H2,1H3,(H,22,23)/b5-3+/t11-,13-,15-,17+/m1/s1. The zero-order valence-corrected chi connectivity index (χ0v) is 13.9. The largest absolute Gasteiger partial charge is 0.504 e. The number of methoxy groups -OCH3 is 1. The number of aliphatic hydroxyl groups is 3. The Labute approximate surface area is 148 Å². The Kier molecular flexibility index (Phi) is 5.86. The van der Waals surface area contributed by atoms with Gasteiger partial charge in [0.25, 0.3) is 0 Å². The first-order valence-electron chi connectivity index (χ1n) is 7.74. The van der Waals surface area contributed by atoms with Crippen LogP contribution in [-0.2, 0) is 14.3 Å². The molecule has 26 heavy (non-hydrogen) atoms. The lowest BCUT2D eigenvalue weighted by Crippen LogP contribution is -2.57. The van der Waals surface area contributed by atoms with E-state index in [0.717, 1.165) is 6.08 Å². The van der Waals surface area contributed by atoms with Gasteiger partial charge in [0.1, 0.15) is 12.2 Å². The summed E-state index contributed by atoms with van der Waals surface area (Å²) in [6, 6.07) is 4.36. The molecule has 0 spiro atoms. The summed E-state index contributed by atoms with van der Waals surface area (Å²) in [4.78, 5) is 23.1. The molecule has 2 rings (SSSR count). The number of aliphatic carboxylic acids is 1. The summed E-state index contributed by atoms with van der Waals surface area (Å²) < 4.78 is 9.92. The minimum absolute atomic E-state index is 0.0699. The molecule has 0 amide bonds. The van der Waals surface area contributed by atoms with Crippen LogP contribution in [0.1, 0.15) is 18.4 Å². The number of aliphatic hydroxyl groups excluding tert-OH is 2. The third-order valence-electron chi connectivity index (χ3n) is 4.14. The number of hydrogen-bond acceptors (Lipinski definition) is 8. The molecule has 9 nitrogen and oxygen atoms in total. The lowest BCUT2D eigenvalue weighted by molar-refractivity contribution is -0.196. The molecule has 142 valence electrons. The number of benzene rings is 1. The Balaban J connectivity index is 2.07. The minimum atomic E-state index is -2.29. The quantitative estimate of drug-likeness (QED) is 0.347. The SMILES string of the molecule is COc1cc(/C=C/C(=O)O[C@@H]2C[C@](O)(C(=O)O)C[C@@H](O)[C@H]2O)ccc1O. The molecular formula is C17H20O9. The molecule has 1 aliphatic rings. The second kappa shape index (κ2) is 7.73. The third-order valence-corrected chi connectivity index (χ3v) is 4.14. The number of carbonyl (C=O) groups excluding carboxylic acids is 1. The zero-order valence-electron chi connectivity index (χ0n) is 13.9. The topological polar surface area (TPSA) is 154 Å². The molecule has 1 aromatic rings. The normalized spacial score (nSPS) is 28.7. The van der Waals surface area contributed by atoms with Crippen LogP contribution < -0.4 is 4.74 Å². The molecule has 0 radical (unpaired) electrons.